The molecule has 3 heterocycles. The van der Waals surface area contributed by atoms with Crippen LogP contribution in [0, 0.1) is 0 Å². The van der Waals surface area contributed by atoms with Gasteiger partial charge in [-0.1, -0.05) is 6.42 Å². The summed E-state index contributed by atoms with van der Waals surface area (Å²) < 4.78 is 1.73. The molecular formula is C15H23N5. The number of nitrogens with zero attached hydrogens (tertiary/aromatic N) is 4. The van der Waals surface area contributed by atoms with E-state index in [4.69, 9.17) is 5.73 Å². The van der Waals surface area contributed by atoms with E-state index in [0.29, 0.717) is 17.9 Å². The lowest BCUT2D eigenvalue weighted by Gasteiger charge is -2.38. The van der Waals surface area contributed by atoms with Gasteiger partial charge in [-0.15, -0.1) is 0 Å². The lowest BCUT2D eigenvalue weighted by molar-refractivity contribution is 0.111. The van der Waals surface area contributed by atoms with Crippen molar-refractivity contribution in [2.75, 3.05) is 12.3 Å². The minimum absolute atomic E-state index is 0.592. The van der Waals surface area contributed by atoms with E-state index < -0.39 is 0 Å². The van der Waals surface area contributed by atoms with Gasteiger partial charge in [-0.3, -0.25) is 4.90 Å². The number of rotatable bonds is 3. The van der Waals surface area contributed by atoms with Gasteiger partial charge in [0.05, 0.1) is 5.69 Å². The minimum Gasteiger partial charge on any atom is -0.384 e. The molecule has 0 bridgehead atoms. The first-order valence-corrected chi connectivity index (χ1v) is 7.50. The molecule has 0 aromatic carbocycles. The number of nitrogens with two attached hydrogens (primary N) is 1. The van der Waals surface area contributed by atoms with Crippen molar-refractivity contribution < 1.29 is 0 Å². The van der Waals surface area contributed by atoms with Crippen LogP contribution in [-0.4, -0.2) is 38.1 Å². The van der Waals surface area contributed by atoms with Crippen molar-refractivity contribution in [2.45, 2.75) is 51.6 Å². The quantitative estimate of drug-likeness (QED) is 0.930. The van der Waals surface area contributed by atoms with Gasteiger partial charge in [0.25, 0.3) is 0 Å². The third kappa shape index (κ3) is 2.50. The molecule has 0 amide bonds. The number of hydrogen-bond acceptors (Lipinski definition) is 4. The van der Waals surface area contributed by atoms with Crippen LogP contribution in [-0.2, 0) is 6.42 Å². The summed E-state index contributed by atoms with van der Waals surface area (Å²) in [6, 6.07) is 5.03. The van der Waals surface area contributed by atoms with Gasteiger partial charge in [0.15, 0.2) is 5.65 Å². The van der Waals surface area contributed by atoms with Crippen molar-refractivity contribution in [3.8, 4) is 0 Å². The molecule has 0 aliphatic carbocycles. The molecular weight excluding hydrogens is 250 g/mol. The first kappa shape index (κ1) is 13.4. The molecule has 2 aromatic rings. The molecule has 108 valence electrons. The summed E-state index contributed by atoms with van der Waals surface area (Å²) in [5, 5.41) is 4.60. The maximum Gasteiger partial charge on any atom is 0.157 e. The van der Waals surface area contributed by atoms with Gasteiger partial charge in [0.2, 0.25) is 0 Å². The summed E-state index contributed by atoms with van der Waals surface area (Å²) in [5.41, 5.74) is 7.86. The Morgan fingerprint density at radius 3 is 3.00 bits per heavy atom. The van der Waals surface area contributed by atoms with Crippen LogP contribution in [0.2, 0.25) is 0 Å². The number of hydrogen-bond donors (Lipinski definition) is 1. The van der Waals surface area contributed by atoms with E-state index in [0.717, 1.165) is 17.8 Å². The van der Waals surface area contributed by atoms with Gasteiger partial charge in [0, 0.05) is 30.8 Å². The highest BCUT2D eigenvalue weighted by Crippen LogP contribution is 2.23. The maximum absolute atomic E-state index is 5.93. The highest BCUT2D eigenvalue weighted by molar-refractivity contribution is 5.46. The Morgan fingerprint density at radius 1 is 1.40 bits per heavy atom. The highest BCUT2D eigenvalue weighted by atomic mass is 15.3. The number of piperidine rings is 1. The fourth-order valence-corrected chi connectivity index (χ4v) is 3.22. The Hall–Kier alpha value is -1.62. The van der Waals surface area contributed by atoms with E-state index in [1.165, 1.54) is 25.8 Å². The Balaban J connectivity index is 1.82. The van der Waals surface area contributed by atoms with Crippen LogP contribution in [0.1, 0.15) is 38.8 Å². The second-order valence-corrected chi connectivity index (χ2v) is 5.96. The van der Waals surface area contributed by atoms with Crippen LogP contribution in [0.5, 0.6) is 0 Å². The van der Waals surface area contributed by atoms with Crippen LogP contribution in [0.15, 0.2) is 18.3 Å². The fourth-order valence-electron chi connectivity index (χ4n) is 3.22. The number of nitrogen functional groups attached to an aromatic ring is 1. The van der Waals surface area contributed by atoms with Crippen molar-refractivity contribution in [2.24, 2.45) is 0 Å². The van der Waals surface area contributed by atoms with Gasteiger partial charge >= 0.3 is 0 Å². The molecule has 0 spiro atoms. The lowest BCUT2D eigenvalue weighted by Crippen LogP contribution is -2.45. The number of likely N-dealkylation sites (tertiary alicyclic amines) is 1. The molecule has 5 nitrogen and oxygen atoms in total. The van der Waals surface area contributed by atoms with Gasteiger partial charge < -0.3 is 5.73 Å². The predicted molar refractivity (Wildman–Crippen MR) is 80.6 cm³/mol. The molecule has 1 fully saturated rings. The van der Waals surface area contributed by atoms with Crippen molar-refractivity contribution in [1.29, 1.82) is 0 Å². The molecule has 1 aliphatic rings. The van der Waals surface area contributed by atoms with Gasteiger partial charge in [0.1, 0.15) is 5.82 Å². The predicted octanol–water partition coefficient (Wildman–Crippen LogP) is 2.12. The van der Waals surface area contributed by atoms with Crippen LogP contribution in [0.4, 0.5) is 5.82 Å². The number of anilines is 1. The summed E-state index contributed by atoms with van der Waals surface area (Å²) in [7, 11) is 0. The van der Waals surface area contributed by atoms with E-state index in [-0.39, 0.29) is 0 Å². The van der Waals surface area contributed by atoms with E-state index in [1.807, 2.05) is 0 Å². The molecule has 1 aliphatic heterocycles. The average molecular weight is 273 g/mol. The van der Waals surface area contributed by atoms with E-state index in [2.05, 4.69) is 34.9 Å². The van der Waals surface area contributed by atoms with Crippen LogP contribution >= 0.6 is 0 Å². The van der Waals surface area contributed by atoms with Crippen molar-refractivity contribution in [3.63, 3.8) is 0 Å². The molecule has 1 unspecified atom stereocenters. The second-order valence-electron chi connectivity index (χ2n) is 5.96. The van der Waals surface area contributed by atoms with Crippen LogP contribution in [0.3, 0.4) is 0 Å². The highest BCUT2D eigenvalue weighted by Gasteiger charge is 2.25. The Morgan fingerprint density at radius 2 is 2.25 bits per heavy atom. The summed E-state index contributed by atoms with van der Waals surface area (Å²) in [5.74, 6) is 0.644. The summed E-state index contributed by atoms with van der Waals surface area (Å²) >= 11 is 0. The van der Waals surface area contributed by atoms with Gasteiger partial charge in [-0.2, -0.15) is 9.61 Å². The first-order chi connectivity index (χ1) is 9.65. The zero-order chi connectivity index (χ0) is 14.1. The second kappa shape index (κ2) is 5.40. The SMILES string of the molecule is CC(C)N1CCCCC1Cc1cc2nccc(N)n2n1. The normalized spacial score (nSPS) is 20.9. The molecule has 1 saturated heterocycles. The molecule has 5 heteroatoms. The largest absolute Gasteiger partial charge is 0.384 e. The topological polar surface area (TPSA) is 59.5 Å². The monoisotopic (exact) mass is 273 g/mol. The smallest absolute Gasteiger partial charge is 0.157 e. The van der Waals surface area contributed by atoms with Crippen LogP contribution in [0.25, 0.3) is 5.65 Å². The molecule has 1 atom stereocenters. The number of fused-ring (bicyclic) bond motifs is 1. The number of aromatic nitrogens is 3. The Labute approximate surface area is 119 Å². The third-order valence-electron chi connectivity index (χ3n) is 4.22. The molecule has 0 radical (unpaired) electrons. The van der Waals surface area contributed by atoms with E-state index in [9.17, 15) is 0 Å². The summed E-state index contributed by atoms with van der Waals surface area (Å²) in [4.78, 5) is 6.92. The Bertz CT molecular complexity index is 589. The average Bonchev–Trinajstić information content (AvgIpc) is 2.83. The molecule has 20 heavy (non-hydrogen) atoms. The zero-order valence-corrected chi connectivity index (χ0v) is 12.3. The van der Waals surface area contributed by atoms with Crippen molar-refractivity contribution in [3.05, 3.63) is 24.0 Å². The summed E-state index contributed by atoms with van der Waals surface area (Å²) in [6.07, 6.45) is 6.61. The third-order valence-corrected chi connectivity index (χ3v) is 4.22. The minimum atomic E-state index is 0.592. The van der Waals surface area contributed by atoms with E-state index in [1.54, 1.807) is 16.8 Å². The molecule has 3 rings (SSSR count). The van der Waals surface area contributed by atoms with E-state index >= 15 is 0 Å². The first-order valence-electron chi connectivity index (χ1n) is 7.50. The van der Waals surface area contributed by atoms with Gasteiger partial charge in [-0.05, 0) is 39.3 Å². The van der Waals surface area contributed by atoms with Crippen molar-refractivity contribution in [1.82, 2.24) is 19.5 Å². The lowest BCUT2D eigenvalue weighted by atomic mass is 9.96. The maximum atomic E-state index is 5.93. The molecule has 2 aromatic heterocycles. The van der Waals surface area contributed by atoms with Gasteiger partial charge in [-0.25, -0.2) is 4.98 Å². The Kier molecular flexibility index (Phi) is 3.61. The zero-order valence-electron chi connectivity index (χ0n) is 12.3. The molecule has 2 N–H and O–H groups in total. The molecule has 0 saturated carbocycles. The summed E-state index contributed by atoms with van der Waals surface area (Å²) in [6.45, 7) is 5.76. The van der Waals surface area contributed by atoms with Crippen LogP contribution < -0.4 is 5.73 Å². The van der Waals surface area contributed by atoms with Crippen molar-refractivity contribution >= 4 is 11.5 Å². The standard InChI is InChI=1S/C15H23N5/c1-11(2)19-8-4-3-5-13(19)9-12-10-15-17-7-6-14(16)20(15)18-12/h6-7,10-11,13H,3-5,8-9,16H2,1-2H3. The fraction of sp³-hybridized carbons (Fsp3) is 0.600.